The maximum Gasteiger partial charge on any atom is 0.114 e. The minimum absolute atomic E-state index is 1.07. The van der Waals surface area contributed by atoms with Crippen LogP contribution in [-0.4, -0.2) is 8.07 Å². The molecule has 0 aromatic heterocycles. The van der Waals surface area contributed by atoms with Crippen molar-refractivity contribution in [2.45, 2.75) is 39.8 Å². The SMILES string of the molecule is CC1=C([Si](C)(C)C2=C(C)C=C3C=CCC=C32)C2=CCC=CC2=C1. The van der Waals surface area contributed by atoms with E-state index in [1.54, 1.807) is 10.4 Å². The number of rotatable bonds is 2. The van der Waals surface area contributed by atoms with Gasteiger partial charge >= 0.3 is 0 Å². The highest BCUT2D eigenvalue weighted by Crippen LogP contribution is 2.48. The molecule has 0 unspecified atom stereocenters. The van der Waals surface area contributed by atoms with Gasteiger partial charge in [-0.3, -0.25) is 0 Å². The molecule has 4 aliphatic carbocycles. The largest absolute Gasteiger partial charge is 0.114 e. The molecule has 0 heterocycles. The van der Waals surface area contributed by atoms with E-state index in [2.05, 4.69) is 75.5 Å². The Balaban J connectivity index is 1.81. The first-order chi connectivity index (χ1) is 11.0. The number of hydrogen-bond acceptors (Lipinski definition) is 0. The van der Waals surface area contributed by atoms with Crippen LogP contribution in [0.4, 0.5) is 0 Å². The van der Waals surface area contributed by atoms with Crippen molar-refractivity contribution in [3.8, 4) is 0 Å². The fourth-order valence-electron chi connectivity index (χ4n) is 4.74. The lowest BCUT2D eigenvalue weighted by Gasteiger charge is -2.32. The van der Waals surface area contributed by atoms with Gasteiger partial charge in [0, 0.05) is 0 Å². The van der Waals surface area contributed by atoms with E-state index in [1.165, 1.54) is 33.4 Å². The molecule has 4 rings (SSSR count). The topological polar surface area (TPSA) is 0 Å². The Morgan fingerprint density at radius 1 is 0.739 bits per heavy atom. The van der Waals surface area contributed by atoms with Gasteiger partial charge in [0.2, 0.25) is 0 Å². The Morgan fingerprint density at radius 3 is 1.61 bits per heavy atom. The fraction of sp³-hybridized carbons (Fsp3) is 0.273. The molecular formula is C22H24Si. The van der Waals surface area contributed by atoms with Crippen LogP contribution in [0.3, 0.4) is 0 Å². The zero-order valence-corrected chi connectivity index (χ0v) is 15.5. The average molecular weight is 317 g/mol. The lowest BCUT2D eigenvalue weighted by atomic mass is 10.0. The molecule has 0 nitrogen and oxygen atoms in total. The summed E-state index contributed by atoms with van der Waals surface area (Å²) in [5.74, 6) is 0. The second-order valence-electron chi connectivity index (χ2n) is 7.45. The lowest BCUT2D eigenvalue weighted by molar-refractivity contribution is 1.28. The number of allylic oxidation sites excluding steroid dienone is 16. The predicted octanol–water partition coefficient (Wildman–Crippen LogP) is 6.06. The van der Waals surface area contributed by atoms with Crippen LogP contribution >= 0.6 is 0 Å². The standard InChI is InChI=1S/C22H24Si/c1-15-13-17-9-5-7-11-19(17)21(15)23(3,4)22-16(2)14-18-10-6-8-12-20(18)22/h5-6,9-14H,7-8H2,1-4H3. The summed E-state index contributed by atoms with van der Waals surface area (Å²) in [5, 5.41) is 3.30. The summed E-state index contributed by atoms with van der Waals surface area (Å²) in [7, 11) is -1.73. The molecule has 0 fully saturated rings. The summed E-state index contributed by atoms with van der Waals surface area (Å²) >= 11 is 0. The molecule has 0 aromatic carbocycles. The molecule has 0 amide bonds. The van der Waals surface area contributed by atoms with Crippen molar-refractivity contribution in [2.24, 2.45) is 0 Å². The van der Waals surface area contributed by atoms with Crippen LogP contribution in [-0.2, 0) is 0 Å². The number of fused-ring (bicyclic) bond motifs is 2. The van der Waals surface area contributed by atoms with Gasteiger partial charge in [0.25, 0.3) is 0 Å². The lowest BCUT2D eigenvalue weighted by Crippen LogP contribution is -2.35. The molecule has 0 bridgehead atoms. The third-order valence-corrected chi connectivity index (χ3v) is 9.28. The van der Waals surface area contributed by atoms with Gasteiger partial charge in [-0.05, 0) is 59.4 Å². The smallest absolute Gasteiger partial charge is 0.0801 e. The minimum Gasteiger partial charge on any atom is -0.0801 e. The monoisotopic (exact) mass is 316 g/mol. The van der Waals surface area contributed by atoms with Crippen LogP contribution in [0.15, 0.2) is 92.4 Å². The van der Waals surface area contributed by atoms with Crippen LogP contribution < -0.4 is 0 Å². The first kappa shape index (κ1) is 14.7. The van der Waals surface area contributed by atoms with Crippen molar-refractivity contribution in [2.75, 3.05) is 0 Å². The summed E-state index contributed by atoms with van der Waals surface area (Å²) in [6, 6.07) is 0. The summed E-state index contributed by atoms with van der Waals surface area (Å²) in [4.78, 5) is 0. The molecule has 23 heavy (non-hydrogen) atoms. The Hall–Kier alpha value is -1.86. The molecule has 0 spiro atoms. The maximum atomic E-state index is 2.54. The van der Waals surface area contributed by atoms with E-state index in [1.807, 2.05) is 0 Å². The van der Waals surface area contributed by atoms with E-state index >= 15 is 0 Å². The van der Waals surface area contributed by atoms with Crippen LogP contribution in [0.2, 0.25) is 13.1 Å². The molecule has 0 saturated heterocycles. The summed E-state index contributed by atoms with van der Waals surface area (Å²) in [5.41, 5.74) is 8.84. The second kappa shape index (κ2) is 5.07. The quantitative estimate of drug-likeness (QED) is 0.543. The first-order valence-corrected chi connectivity index (χ1v) is 11.6. The molecule has 0 radical (unpaired) electrons. The molecule has 0 aliphatic heterocycles. The third-order valence-electron chi connectivity index (χ3n) is 5.45. The Kier molecular flexibility index (Phi) is 3.24. The fourth-order valence-corrected chi connectivity index (χ4v) is 8.95. The van der Waals surface area contributed by atoms with Crippen molar-refractivity contribution in [1.82, 2.24) is 0 Å². The van der Waals surface area contributed by atoms with Crippen molar-refractivity contribution in [3.05, 3.63) is 92.4 Å². The van der Waals surface area contributed by atoms with Gasteiger partial charge in [-0.25, -0.2) is 0 Å². The molecule has 0 N–H and O–H groups in total. The van der Waals surface area contributed by atoms with Gasteiger partial charge < -0.3 is 0 Å². The Morgan fingerprint density at radius 2 is 1.17 bits per heavy atom. The summed E-state index contributed by atoms with van der Waals surface area (Å²) < 4.78 is 0. The van der Waals surface area contributed by atoms with Gasteiger partial charge in [0.1, 0.15) is 8.07 Å². The summed E-state index contributed by atoms with van der Waals surface area (Å²) in [6.45, 7) is 9.68. The molecule has 116 valence electrons. The van der Waals surface area contributed by atoms with E-state index in [0.29, 0.717) is 0 Å². The van der Waals surface area contributed by atoms with E-state index in [4.69, 9.17) is 0 Å². The van der Waals surface area contributed by atoms with Crippen LogP contribution in [0, 0.1) is 0 Å². The predicted molar refractivity (Wildman–Crippen MR) is 103 cm³/mol. The highest BCUT2D eigenvalue weighted by atomic mass is 28.3. The van der Waals surface area contributed by atoms with Gasteiger partial charge in [-0.1, -0.05) is 72.8 Å². The van der Waals surface area contributed by atoms with Gasteiger partial charge in [-0.2, -0.15) is 0 Å². The van der Waals surface area contributed by atoms with Crippen LogP contribution in [0.1, 0.15) is 26.7 Å². The Labute approximate surface area is 140 Å². The zero-order chi connectivity index (χ0) is 16.2. The molecule has 0 aromatic rings. The summed E-state index contributed by atoms with van der Waals surface area (Å²) in [6.07, 6.45) is 20.9. The van der Waals surface area contributed by atoms with E-state index in [9.17, 15) is 0 Å². The van der Waals surface area contributed by atoms with E-state index in [0.717, 1.165) is 12.8 Å². The van der Waals surface area contributed by atoms with Gasteiger partial charge in [-0.15, -0.1) is 0 Å². The van der Waals surface area contributed by atoms with Crippen LogP contribution in [0.25, 0.3) is 0 Å². The van der Waals surface area contributed by atoms with Crippen LogP contribution in [0.5, 0.6) is 0 Å². The Bertz CT molecular complexity index is 772. The van der Waals surface area contributed by atoms with E-state index < -0.39 is 8.07 Å². The molecule has 1 heteroatoms. The first-order valence-electron chi connectivity index (χ1n) is 8.61. The third kappa shape index (κ3) is 2.10. The van der Waals surface area contributed by atoms with Gasteiger partial charge in [0.05, 0.1) is 0 Å². The van der Waals surface area contributed by atoms with Crippen molar-refractivity contribution < 1.29 is 0 Å². The van der Waals surface area contributed by atoms with E-state index in [-0.39, 0.29) is 0 Å². The second-order valence-corrected chi connectivity index (χ2v) is 11.7. The molecule has 0 saturated carbocycles. The average Bonchev–Trinajstić information content (AvgIpc) is 3.02. The molecule has 4 aliphatic rings. The normalized spacial score (nSPS) is 22.8. The molecular weight excluding hydrogens is 292 g/mol. The minimum atomic E-state index is -1.73. The maximum absolute atomic E-state index is 2.54. The zero-order valence-electron chi connectivity index (χ0n) is 14.5. The highest BCUT2D eigenvalue weighted by Gasteiger charge is 2.40. The van der Waals surface area contributed by atoms with Crippen molar-refractivity contribution in [1.29, 1.82) is 0 Å². The van der Waals surface area contributed by atoms with Gasteiger partial charge in [0.15, 0.2) is 0 Å². The highest BCUT2D eigenvalue weighted by molar-refractivity contribution is 6.92. The van der Waals surface area contributed by atoms with Crippen molar-refractivity contribution in [3.63, 3.8) is 0 Å². The molecule has 0 atom stereocenters. The number of hydrogen-bond donors (Lipinski definition) is 0. The van der Waals surface area contributed by atoms with Crippen molar-refractivity contribution >= 4 is 8.07 Å².